The van der Waals surface area contributed by atoms with E-state index in [1.54, 1.807) is 24.3 Å². The van der Waals surface area contributed by atoms with Crippen molar-refractivity contribution >= 4 is 28.9 Å². The van der Waals surface area contributed by atoms with Crippen molar-refractivity contribution in [1.29, 1.82) is 0 Å². The number of halogens is 3. The summed E-state index contributed by atoms with van der Waals surface area (Å²) in [6.07, 6.45) is 2.91. The minimum absolute atomic E-state index is 0.00321. The minimum Gasteiger partial charge on any atom is -0.350 e. The van der Waals surface area contributed by atoms with Crippen molar-refractivity contribution < 1.29 is 9.31 Å². The molecular weight excluding hydrogens is 416 g/mol. The third-order valence-corrected chi connectivity index (χ3v) is 5.84. The van der Waals surface area contributed by atoms with E-state index >= 15 is 0 Å². The molecule has 1 aromatic heterocycles. The van der Waals surface area contributed by atoms with Crippen molar-refractivity contribution in [3.8, 4) is 0 Å². The monoisotopic (exact) mass is 433 g/mol. The lowest BCUT2D eigenvalue weighted by Gasteiger charge is -2.31. The Kier molecular flexibility index (Phi) is 5.58. The molecule has 0 radical (unpaired) electrons. The summed E-state index contributed by atoms with van der Waals surface area (Å²) in [6, 6.07) is 12.9. The van der Waals surface area contributed by atoms with E-state index in [0.29, 0.717) is 17.1 Å². The van der Waals surface area contributed by atoms with E-state index in [-0.39, 0.29) is 16.8 Å². The normalized spacial score (nSPS) is 17.0. The molecule has 4 rings (SSSR count). The van der Waals surface area contributed by atoms with Gasteiger partial charge < -0.3 is 4.57 Å². The average molecular weight is 434 g/mol. The largest absolute Gasteiger partial charge is 0.350 e. The maximum absolute atomic E-state index is 13.6. The second-order valence-electron chi connectivity index (χ2n) is 7.06. The zero-order chi connectivity index (χ0) is 20.5. The van der Waals surface area contributed by atoms with Crippen LogP contribution in [0, 0.1) is 15.9 Å². The molecule has 0 bridgehead atoms. The lowest BCUT2D eigenvalue weighted by atomic mass is 10.00. The van der Waals surface area contributed by atoms with Crippen molar-refractivity contribution in [1.82, 2.24) is 9.47 Å². The topological polar surface area (TPSA) is 51.3 Å². The first-order chi connectivity index (χ1) is 13.9. The number of aromatic nitrogens is 1. The van der Waals surface area contributed by atoms with Gasteiger partial charge in [-0.1, -0.05) is 29.3 Å². The van der Waals surface area contributed by atoms with Gasteiger partial charge in [0.25, 0.3) is 5.69 Å². The summed E-state index contributed by atoms with van der Waals surface area (Å²) in [4.78, 5) is 13.1. The summed E-state index contributed by atoms with van der Waals surface area (Å²) in [6.45, 7) is 2.10. The SMILES string of the molecule is O=[N+]([O-])c1ccc(Cl)c([C@@H]2c3cccn3CCCN2Cc2ccc(F)c(Cl)c2)c1. The molecule has 0 aliphatic carbocycles. The number of benzene rings is 2. The molecule has 0 fully saturated rings. The highest BCUT2D eigenvalue weighted by molar-refractivity contribution is 6.31. The third-order valence-electron chi connectivity index (χ3n) is 5.21. The van der Waals surface area contributed by atoms with E-state index in [4.69, 9.17) is 23.2 Å². The molecule has 0 N–H and O–H groups in total. The fraction of sp³-hybridized carbons (Fsp3) is 0.238. The Bertz CT molecular complexity index is 1070. The van der Waals surface area contributed by atoms with E-state index in [1.165, 1.54) is 12.1 Å². The zero-order valence-electron chi connectivity index (χ0n) is 15.4. The summed E-state index contributed by atoms with van der Waals surface area (Å²) < 4.78 is 15.7. The second kappa shape index (κ2) is 8.14. The number of non-ortho nitro benzene ring substituents is 1. The van der Waals surface area contributed by atoms with Gasteiger partial charge in [-0.25, -0.2) is 4.39 Å². The number of rotatable bonds is 4. The standard InChI is InChI=1S/C21H18Cl2FN3O2/c22-17-6-5-15(27(28)29)12-16(17)21-20-3-1-8-25(20)9-2-10-26(21)13-14-4-7-19(24)18(23)11-14/h1,3-8,11-12,21H,2,9-10,13H2/t21-/m1/s1. The highest BCUT2D eigenvalue weighted by Gasteiger charge is 2.30. The Balaban J connectivity index is 1.80. The van der Waals surface area contributed by atoms with Gasteiger partial charge in [0.2, 0.25) is 0 Å². The van der Waals surface area contributed by atoms with Gasteiger partial charge in [0.05, 0.1) is 16.0 Å². The van der Waals surface area contributed by atoms with Gasteiger partial charge >= 0.3 is 0 Å². The van der Waals surface area contributed by atoms with Crippen LogP contribution in [0.1, 0.15) is 29.3 Å². The van der Waals surface area contributed by atoms with Gasteiger partial charge in [-0.2, -0.15) is 0 Å². The van der Waals surface area contributed by atoms with Crippen molar-refractivity contribution in [3.63, 3.8) is 0 Å². The Hall–Kier alpha value is -2.41. The summed E-state index contributed by atoms with van der Waals surface area (Å²) >= 11 is 12.5. The Labute approximate surface area is 177 Å². The number of hydrogen-bond donors (Lipinski definition) is 0. The second-order valence-corrected chi connectivity index (χ2v) is 7.88. The highest BCUT2D eigenvalue weighted by Crippen LogP contribution is 2.38. The van der Waals surface area contributed by atoms with Crippen LogP contribution >= 0.6 is 23.2 Å². The molecule has 0 amide bonds. The summed E-state index contributed by atoms with van der Waals surface area (Å²) in [5.74, 6) is -0.460. The van der Waals surface area contributed by atoms with Crippen LogP contribution in [-0.2, 0) is 13.1 Å². The number of nitro groups is 1. The van der Waals surface area contributed by atoms with E-state index in [1.807, 2.05) is 18.3 Å². The molecule has 5 nitrogen and oxygen atoms in total. The van der Waals surface area contributed by atoms with E-state index in [2.05, 4.69) is 9.47 Å². The highest BCUT2D eigenvalue weighted by atomic mass is 35.5. The zero-order valence-corrected chi connectivity index (χ0v) is 16.9. The van der Waals surface area contributed by atoms with Crippen LogP contribution in [0.5, 0.6) is 0 Å². The summed E-state index contributed by atoms with van der Waals surface area (Å²) in [7, 11) is 0. The lowest BCUT2D eigenvalue weighted by molar-refractivity contribution is -0.384. The van der Waals surface area contributed by atoms with E-state index in [0.717, 1.165) is 30.8 Å². The molecular formula is C21H18Cl2FN3O2. The first-order valence-electron chi connectivity index (χ1n) is 9.21. The van der Waals surface area contributed by atoms with Crippen LogP contribution in [0.3, 0.4) is 0 Å². The van der Waals surface area contributed by atoms with Gasteiger partial charge in [-0.15, -0.1) is 0 Å². The molecule has 8 heteroatoms. The van der Waals surface area contributed by atoms with Crippen LogP contribution in [0.25, 0.3) is 0 Å². The quantitative estimate of drug-likeness (QED) is 0.383. The Morgan fingerprint density at radius 3 is 2.69 bits per heavy atom. The fourth-order valence-corrected chi connectivity index (χ4v) is 4.32. The molecule has 2 heterocycles. The number of nitro benzene ring substituents is 1. The predicted octanol–water partition coefficient (Wildman–Crippen LogP) is 5.84. The molecule has 1 aliphatic rings. The fourth-order valence-electron chi connectivity index (χ4n) is 3.89. The number of aryl methyl sites for hydroxylation is 1. The Morgan fingerprint density at radius 2 is 1.93 bits per heavy atom. The molecule has 1 aliphatic heterocycles. The maximum atomic E-state index is 13.6. The molecule has 0 unspecified atom stereocenters. The average Bonchev–Trinajstić information content (AvgIpc) is 3.07. The summed E-state index contributed by atoms with van der Waals surface area (Å²) in [5, 5.41) is 11.9. The first kappa shape index (κ1) is 19.9. The van der Waals surface area contributed by atoms with Crippen LogP contribution in [0.15, 0.2) is 54.7 Å². The number of fused-ring (bicyclic) bond motifs is 1. The van der Waals surface area contributed by atoms with Crippen LogP contribution in [0.4, 0.5) is 10.1 Å². The van der Waals surface area contributed by atoms with Gasteiger partial charge in [-0.05, 0) is 42.3 Å². The molecule has 2 aromatic carbocycles. The molecule has 0 saturated heterocycles. The molecule has 150 valence electrons. The third kappa shape index (κ3) is 4.01. The number of hydrogen-bond acceptors (Lipinski definition) is 3. The van der Waals surface area contributed by atoms with Crippen LogP contribution in [-0.4, -0.2) is 20.9 Å². The predicted molar refractivity (Wildman–Crippen MR) is 111 cm³/mol. The molecule has 0 spiro atoms. The van der Waals surface area contributed by atoms with E-state index in [9.17, 15) is 14.5 Å². The smallest absolute Gasteiger partial charge is 0.269 e. The first-order valence-corrected chi connectivity index (χ1v) is 9.96. The Morgan fingerprint density at radius 1 is 1.10 bits per heavy atom. The van der Waals surface area contributed by atoms with Gasteiger partial charge in [0, 0.05) is 54.2 Å². The van der Waals surface area contributed by atoms with Crippen molar-refractivity contribution in [2.45, 2.75) is 25.6 Å². The van der Waals surface area contributed by atoms with E-state index < -0.39 is 10.7 Å². The van der Waals surface area contributed by atoms with Crippen molar-refractivity contribution in [2.24, 2.45) is 0 Å². The van der Waals surface area contributed by atoms with Gasteiger partial charge in [0.15, 0.2) is 0 Å². The summed E-state index contributed by atoms with van der Waals surface area (Å²) in [5.41, 5.74) is 2.55. The molecule has 29 heavy (non-hydrogen) atoms. The number of nitrogens with zero attached hydrogens (tertiary/aromatic N) is 3. The van der Waals surface area contributed by atoms with Crippen LogP contribution < -0.4 is 0 Å². The lowest BCUT2D eigenvalue weighted by Crippen LogP contribution is -2.29. The van der Waals surface area contributed by atoms with Gasteiger partial charge in [-0.3, -0.25) is 15.0 Å². The molecule has 1 atom stereocenters. The van der Waals surface area contributed by atoms with Gasteiger partial charge in [0.1, 0.15) is 5.82 Å². The molecule has 0 saturated carbocycles. The van der Waals surface area contributed by atoms with Crippen molar-refractivity contribution in [2.75, 3.05) is 6.54 Å². The molecule has 3 aromatic rings. The maximum Gasteiger partial charge on any atom is 0.269 e. The van der Waals surface area contributed by atoms with Crippen LogP contribution in [0.2, 0.25) is 10.0 Å². The van der Waals surface area contributed by atoms with Crippen molar-refractivity contribution in [3.05, 3.63) is 97.5 Å². The minimum atomic E-state index is -0.460.